The van der Waals surface area contributed by atoms with Crippen LogP contribution in [-0.2, 0) is 0 Å². The van der Waals surface area contributed by atoms with Gasteiger partial charge in [-0.05, 0) is 44.6 Å². The van der Waals surface area contributed by atoms with Crippen molar-refractivity contribution in [2.75, 3.05) is 13.1 Å². The molecule has 1 heterocycles. The molecule has 2 rings (SSSR count). The number of hydrogen-bond acceptors (Lipinski definition) is 2. The van der Waals surface area contributed by atoms with Crippen molar-refractivity contribution in [1.82, 2.24) is 4.90 Å². The Hall–Kier alpha value is -0.0800. The molecule has 0 aromatic carbocycles. The van der Waals surface area contributed by atoms with Crippen LogP contribution in [0.15, 0.2) is 0 Å². The van der Waals surface area contributed by atoms with Gasteiger partial charge in [0.1, 0.15) is 0 Å². The first-order chi connectivity index (χ1) is 6.79. The van der Waals surface area contributed by atoms with E-state index in [1.807, 2.05) is 0 Å². The monoisotopic (exact) mass is 196 g/mol. The maximum atomic E-state index is 6.02. The molecule has 0 radical (unpaired) electrons. The van der Waals surface area contributed by atoms with Crippen LogP contribution >= 0.6 is 0 Å². The minimum absolute atomic E-state index is 0.449. The summed E-state index contributed by atoms with van der Waals surface area (Å²) in [6, 6.07) is 1.32. The molecule has 82 valence electrons. The molecule has 1 saturated heterocycles. The number of hydrogen-bond donors (Lipinski definition) is 1. The summed E-state index contributed by atoms with van der Waals surface area (Å²) in [7, 11) is 0. The molecule has 2 N–H and O–H groups in total. The topological polar surface area (TPSA) is 29.3 Å². The van der Waals surface area contributed by atoms with Gasteiger partial charge in [0.2, 0.25) is 0 Å². The Bertz CT molecular complexity index is 181. The van der Waals surface area contributed by atoms with Gasteiger partial charge in [-0.2, -0.15) is 0 Å². The van der Waals surface area contributed by atoms with E-state index in [-0.39, 0.29) is 0 Å². The van der Waals surface area contributed by atoms with Crippen LogP contribution in [0.5, 0.6) is 0 Å². The lowest BCUT2D eigenvalue weighted by Gasteiger charge is -2.35. The molecule has 2 aliphatic rings. The molecule has 2 heteroatoms. The maximum absolute atomic E-state index is 6.02. The summed E-state index contributed by atoms with van der Waals surface area (Å²) in [5, 5.41) is 0. The van der Waals surface area contributed by atoms with E-state index in [9.17, 15) is 0 Å². The van der Waals surface area contributed by atoms with Gasteiger partial charge >= 0.3 is 0 Å². The van der Waals surface area contributed by atoms with Crippen LogP contribution in [0.2, 0.25) is 0 Å². The SMILES string of the molecule is CCC1CCC(N2CCC[C@@H](N)C2)C1. The average Bonchev–Trinajstić information content (AvgIpc) is 2.66. The second-order valence-electron chi connectivity index (χ2n) is 5.14. The highest BCUT2D eigenvalue weighted by atomic mass is 15.2. The van der Waals surface area contributed by atoms with Gasteiger partial charge in [-0.15, -0.1) is 0 Å². The Balaban J connectivity index is 1.83. The molecule has 0 spiro atoms. The zero-order valence-corrected chi connectivity index (χ0v) is 9.41. The number of likely N-dealkylation sites (tertiary alicyclic amines) is 1. The third-order valence-electron chi connectivity index (χ3n) is 4.10. The number of nitrogens with two attached hydrogens (primary N) is 1. The van der Waals surface area contributed by atoms with Crippen molar-refractivity contribution in [3.63, 3.8) is 0 Å². The van der Waals surface area contributed by atoms with Gasteiger partial charge in [0, 0.05) is 18.6 Å². The van der Waals surface area contributed by atoms with Crippen molar-refractivity contribution in [1.29, 1.82) is 0 Å². The standard InChI is InChI=1S/C12H24N2/c1-2-10-5-6-12(8-10)14-7-3-4-11(13)9-14/h10-12H,2-9,13H2,1H3/t10?,11-,12?/m1/s1. The van der Waals surface area contributed by atoms with E-state index >= 15 is 0 Å². The average molecular weight is 196 g/mol. The molecule has 2 nitrogen and oxygen atoms in total. The molecular weight excluding hydrogens is 172 g/mol. The maximum Gasteiger partial charge on any atom is 0.0168 e. The lowest BCUT2D eigenvalue weighted by atomic mass is 10.0. The second-order valence-corrected chi connectivity index (χ2v) is 5.14. The normalized spacial score (nSPS) is 40.3. The van der Waals surface area contributed by atoms with Crippen molar-refractivity contribution in [2.24, 2.45) is 11.7 Å². The third-order valence-corrected chi connectivity index (χ3v) is 4.10. The number of rotatable bonds is 2. The van der Waals surface area contributed by atoms with Crippen molar-refractivity contribution in [2.45, 2.75) is 57.5 Å². The number of nitrogens with zero attached hydrogens (tertiary/aromatic N) is 1. The van der Waals surface area contributed by atoms with E-state index < -0.39 is 0 Å². The minimum atomic E-state index is 0.449. The van der Waals surface area contributed by atoms with Gasteiger partial charge < -0.3 is 5.73 Å². The van der Waals surface area contributed by atoms with Gasteiger partial charge in [0.05, 0.1) is 0 Å². The van der Waals surface area contributed by atoms with Crippen molar-refractivity contribution < 1.29 is 0 Å². The fourth-order valence-electron chi connectivity index (χ4n) is 3.12. The lowest BCUT2D eigenvalue weighted by Crippen LogP contribution is -2.46. The van der Waals surface area contributed by atoms with E-state index in [2.05, 4.69) is 11.8 Å². The van der Waals surface area contributed by atoms with E-state index in [0.717, 1.165) is 18.5 Å². The van der Waals surface area contributed by atoms with Crippen molar-refractivity contribution in [3.8, 4) is 0 Å². The van der Waals surface area contributed by atoms with Crippen molar-refractivity contribution in [3.05, 3.63) is 0 Å². The van der Waals surface area contributed by atoms with E-state index in [4.69, 9.17) is 5.73 Å². The van der Waals surface area contributed by atoms with Crippen LogP contribution in [0.1, 0.15) is 45.4 Å². The molecule has 1 saturated carbocycles. The van der Waals surface area contributed by atoms with Gasteiger partial charge in [-0.1, -0.05) is 13.3 Å². The summed E-state index contributed by atoms with van der Waals surface area (Å²) < 4.78 is 0. The Labute approximate surface area is 87.8 Å². The lowest BCUT2D eigenvalue weighted by molar-refractivity contribution is 0.148. The highest BCUT2D eigenvalue weighted by Gasteiger charge is 2.30. The summed E-state index contributed by atoms with van der Waals surface area (Å²) in [4.78, 5) is 2.66. The largest absolute Gasteiger partial charge is 0.327 e. The summed E-state index contributed by atoms with van der Waals surface area (Å²) in [6.45, 7) is 4.78. The molecular formula is C12H24N2. The van der Waals surface area contributed by atoms with Gasteiger partial charge in [0.15, 0.2) is 0 Å². The molecule has 0 amide bonds. The Morgan fingerprint density at radius 1 is 1.29 bits per heavy atom. The minimum Gasteiger partial charge on any atom is -0.327 e. The quantitative estimate of drug-likeness (QED) is 0.732. The highest BCUT2D eigenvalue weighted by molar-refractivity contribution is 4.86. The molecule has 0 aromatic rings. The fraction of sp³-hybridized carbons (Fsp3) is 1.00. The molecule has 2 unspecified atom stereocenters. The summed E-state index contributed by atoms with van der Waals surface area (Å²) in [6.07, 6.45) is 8.23. The van der Waals surface area contributed by atoms with Crippen LogP contribution in [0, 0.1) is 5.92 Å². The summed E-state index contributed by atoms with van der Waals surface area (Å²) in [5.74, 6) is 0.998. The van der Waals surface area contributed by atoms with E-state index in [1.54, 1.807) is 0 Å². The van der Waals surface area contributed by atoms with Gasteiger partial charge in [-0.3, -0.25) is 4.90 Å². The molecule has 0 aromatic heterocycles. The van der Waals surface area contributed by atoms with Crippen LogP contribution in [-0.4, -0.2) is 30.1 Å². The molecule has 1 aliphatic heterocycles. The zero-order valence-electron chi connectivity index (χ0n) is 9.41. The predicted octanol–water partition coefficient (Wildman–Crippen LogP) is 1.99. The molecule has 0 bridgehead atoms. The zero-order chi connectivity index (χ0) is 9.97. The molecule has 3 atom stereocenters. The predicted molar refractivity (Wildman–Crippen MR) is 60.2 cm³/mol. The van der Waals surface area contributed by atoms with E-state index in [0.29, 0.717) is 6.04 Å². The third kappa shape index (κ3) is 2.29. The fourth-order valence-corrected chi connectivity index (χ4v) is 3.12. The van der Waals surface area contributed by atoms with Crippen LogP contribution in [0.4, 0.5) is 0 Å². The molecule has 1 aliphatic carbocycles. The first-order valence-electron chi connectivity index (χ1n) is 6.29. The number of piperidine rings is 1. The first-order valence-corrected chi connectivity index (χ1v) is 6.29. The van der Waals surface area contributed by atoms with Gasteiger partial charge in [-0.25, -0.2) is 0 Å². The van der Waals surface area contributed by atoms with Crippen molar-refractivity contribution >= 4 is 0 Å². The summed E-state index contributed by atoms with van der Waals surface area (Å²) >= 11 is 0. The second kappa shape index (κ2) is 4.63. The van der Waals surface area contributed by atoms with Crippen LogP contribution < -0.4 is 5.73 Å². The van der Waals surface area contributed by atoms with Gasteiger partial charge in [0.25, 0.3) is 0 Å². The van der Waals surface area contributed by atoms with E-state index in [1.165, 1.54) is 45.1 Å². The molecule has 14 heavy (non-hydrogen) atoms. The molecule has 2 fully saturated rings. The summed E-state index contributed by atoms with van der Waals surface area (Å²) in [5.41, 5.74) is 6.02. The first kappa shape index (κ1) is 10.4. The van der Waals surface area contributed by atoms with Crippen LogP contribution in [0.25, 0.3) is 0 Å². The Morgan fingerprint density at radius 2 is 2.14 bits per heavy atom. The smallest absolute Gasteiger partial charge is 0.0168 e. The Kier molecular flexibility index (Phi) is 3.45. The van der Waals surface area contributed by atoms with Crippen LogP contribution in [0.3, 0.4) is 0 Å². The highest BCUT2D eigenvalue weighted by Crippen LogP contribution is 2.32. The Morgan fingerprint density at radius 3 is 2.79 bits per heavy atom.